The van der Waals surface area contributed by atoms with E-state index in [2.05, 4.69) is 31.2 Å². The molecule has 0 saturated carbocycles. The molecule has 0 bridgehead atoms. The lowest BCUT2D eigenvalue weighted by Gasteiger charge is -2.25. The lowest BCUT2D eigenvalue weighted by molar-refractivity contribution is -0.143. The Kier molecular flexibility index (Phi) is 10.3. The number of imidazole rings is 1. The fourth-order valence-corrected chi connectivity index (χ4v) is 4.14. The van der Waals surface area contributed by atoms with E-state index in [1.807, 2.05) is 6.07 Å². The average Bonchev–Trinajstić information content (AvgIpc) is 3.60. The zero-order chi connectivity index (χ0) is 27.5. The van der Waals surface area contributed by atoms with Crippen molar-refractivity contribution in [2.24, 2.45) is 0 Å². The van der Waals surface area contributed by atoms with E-state index in [-0.39, 0.29) is 25.2 Å². The fourth-order valence-electron chi connectivity index (χ4n) is 4.14. The normalized spacial score (nSPS) is 17.1. The molecule has 1 aliphatic heterocycles. The number of benzene rings is 1. The van der Waals surface area contributed by atoms with Crippen LogP contribution in [-0.4, -0.2) is 80.6 Å². The number of hydrogen-bond acceptors (Lipinski definition) is 7. The molecule has 4 unspecified atom stereocenters. The van der Waals surface area contributed by atoms with Gasteiger partial charge < -0.3 is 36.5 Å². The Morgan fingerprint density at radius 1 is 0.947 bits per heavy atom. The maximum Gasteiger partial charge on any atom is 0.326 e. The van der Waals surface area contributed by atoms with Crippen molar-refractivity contribution in [2.75, 3.05) is 6.54 Å². The van der Waals surface area contributed by atoms with Gasteiger partial charge in [-0.05, 0) is 31.4 Å². The Hall–Kier alpha value is -4.26. The van der Waals surface area contributed by atoms with Gasteiger partial charge in [-0.1, -0.05) is 30.3 Å². The summed E-state index contributed by atoms with van der Waals surface area (Å²) in [5.74, 6) is -4.39. The number of carbonyl (C=O) groups excluding carboxylic acids is 3. The van der Waals surface area contributed by atoms with Crippen LogP contribution in [0.25, 0.3) is 0 Å². The van der Waals surface area contributed by atoms with E-state index in [0.29, 0.717) is 18.7 Å². The highest BCUT2D eigenvalue weighted by Crippen LogP contribution is 2.09. The summed E-state index contributed by atoms with van der Waals surface area (Å²) in [6, 6.07) is 4.80. The van der Waals surface area contributed by atoms with Gasteiger partial charge in [0.2, 0.25) is 17.7 Å². The van der Waals surface area contributed by atoms with Crippen LogP contribution in [0.2, 0.25) is 0 Å². The minimum absolute atomic E-state index is 0.0955. The van der Waals surface area contributed by atoms with Gasteiger partial charge in [0, 0.05) is 31.2 Å². The predicted octanol–water partition coefficient (Wildman–Crippen LogP) is -0.649. The number of aliphatic carboxylic acids is 2. The van der Waals surface area contributed by atoms with Crippen molar-refractivity contribution in [3.63, 3.8) is 0 Å². The molecule has 1 aliphatic rings. The van der Waals surface area contributed by atoms with E-state index in [4.69, 9.17) is 5.11 Å². The Balaban J connectivity index is 1.74. The summed E-state index contributed by atoms with van der Waals surface area (Å²) in [4.78, 5) is 68.7. The molecule has 1 saturated heterocycles. The van der Waals surface area contributed by atoms with Crippen molar-refractivity contribution >= 4 is 29.7 Å². The second kappa shape index (κ2) is 13.9. The van der Waals surface area contributed by atoms with Gasteiger partial charge in [-0.15, -0.1) is 0 Å². The molecule has 1 aromatic heterocycles. The van der Waals surface area contributed by atoms with E-state index >= 15 is 0 Å². The van der Waals surface area contributed by atoms with Crippen molar-refractivity contribution in [3.05, 3.63) is 54.1 Å². The topological polar surface area (TPSA) is 203 Å². The van der Waals surface area contributed by atoms with Crippen LogP contribution in [0.3, 0.4) is 0 Å². The van der Waals surface area contributed by atoms with Gasteiger partial charge in [0.05, 0.1) is 12.4 Å². The number of aromatic nitrogens is 2. The van der Waals surface area contributed by atoms with E-state index in [9.17, 15) is 29.1 Å². The van der Waals surface area contributed by atoms with Gasteiger partial charge in [0.15, 0.2) is 0 Å². The molecule has 7 N–H and O–H groups in total. The first-order chi connectivity index (χ1) is 18.2. The molecular formula is C25H32N6O7. The molecule has 2 aromatic rings. The molecule has 4 atom stereocenters. The monoisotopic (exact) mass is 528 g/mol. The summed E-state index contributed by atoms with van der Waals surface area (Å²) in [7, 11) is 0. The molecule has 2 heterocycles. The second-order valence-corrected chi connectivity index (χ2v) is 9.07. The van der Waals surface area contributed by atoms with Crippen LogP contribution in [0.1, 0.15) is 36.9 Å². The fraction of sp³-hybridized carbons (Fsp3) is 0.440. The third kappa shape index (κ3) is 8.69. The Morgan fingerprint density at radius 2 is 1.66 bits per heavy atom. The number of rotatable bonds is 14. The highest BCUT2D eigenvalue weighted by Gasteiger charge is 2.32. The first-order valence-corrected chi connectivity index (χ1v) is 12.3. The first kappa shape index (κ1) is 28.3. The van der Waals surface area contributed by atoms with Crippen LogP contribution in [0.4, 0.5) is 0 Å². The predicted molar refractivity (Wildman–Crippen MR) is 134 cm³/mol. The number of carboxylic acid groups (broad SMARTS) is 2. The number of amides is 3. The molecule has 1 aromatic carbocycles. The smallest absolute Gasteiger partial charge is 0.326 e. The maximum absolute atomic E-state index is 13.3. The standard InChI is InChI=1S/C25H32N6O7/c32-21(33)9-8-18(23(35)31-20(25(37)38)12-16-13-26-14-28-16)29-24(36)19(11-15-5-2-1-3-6-15)30-22(34)17-7-4-10-27-17/h1-3,5-6,13-14,17-20,27H,4,7-12H2,(H,26,28)(H,29,36)(H,30,34)(H,31,35)(H,32,33)(H,37,38). The summed E-state index contributed by atoms with van der Waals surface area (Å²) < 4.78 is 0. The number of H-pyrrole nitrogens is 1. The quantitative estimate of drug-likeness (QED) is 0.166. The van der Waals surface area contributed by atoms with E-state index in [0.717, 1.165) is 12.0 Å². The summed E-state index contributed by atoms with van der Waals surface area (Å²) in [5, 5.41) is 29.4. The van der Waals surface area contributed by atoms with E-state index < -0.39 is 54.3 Å². The number of carboxylic acids is 2. The van der Waals surface area contributed by atoms with Gasteiger partial charge in [0.25, 0.3) is 0 Å². The van der Waals surface area contributed by atoms with Crippen molar-refractivity contribution in [1.29, 1.82) is 0 Å². The zero-order valence-corrected chi connectivity index (χ0v) is 20.7. The van der Waals surface area contributed by atoms with Crippen LogP contribution in [0, 0.1) is 0 Å². The molecule has 0 aliphatic carbocycles. The molecule has 13 nitrogen and oxygen atoms in total. The SMILES string of the molecule is O=C(O)CCC(NC(=O)C(Cc1ccccc1)NC(=O)C1CCCN1)C(=O)NC(Cc1cnc[nH]1)C(=O)O. The summed E-state index contributed by atoms with van der Waals surface area (Å²) in [6.45, 7) is 0.689. The van der Waals surface area contributed by atoms with Gasteiger partial charge in [-0.25, -0.2) is 9.78 Å². The molecule has 3 amide bonds. The summed E-state index contributed by atoms with van der Waals surface area (Å²) in [5.41, 5.74) is 1.24. The molecule has 1 fully saturated rings. The number of hydrogen-bond donors (Lipinski definition) is 7. The highest BCUT2D eigenvalue weighted by atomic mass is 16.4. The number of carbonyl (C=O) groups is 5. The summed E-state index contributed by atoms with van der Waals surface area (Å²) >= 11 is 0. The van der Waals surface area contributed by atoms with Crippen molar-refractivity contribution in [1.82, 2.24) is 31.2 Å². The van der Waals surface area contributed by atoms with Crippen molar-refractivity contribution in [3.8, 4) is 0 Å². The molecule has 13 heteroatoms. The Bertz CT molecular complexity index is 1100. The Morgan fingerprint density at radius 3 is 2.26 bits per heavy atom. The third-order valence-corrected chi connectivity index (χ3v) is 6.17. The molecule has 204 valence electrons. The first-order valence-electron chi connectivity index (χ1n) is 12.3. The minimum Gasteiger partial charge on any atom is -0.481 e. The largest absolute Gasteiger partial charge is 0.481 e. The molecule has 0 spiro atoms. The lowest BCUT2D eigenvalue weighted by Crippen LogP contribution is -2.57. The molecule has 3 rings (SSSR count). The number of nitrogens with zero attached hydrogens (tertiary/aromatic N) is 1. The van der Waals surface area contributed by atoms with E-state index in [1.54, 1.807) is 24.3 Å². The van der Waals surface area contributed by atoms with Crippen molar-refractivity contribution in [2.45, 2.75) is 62.7 Å². The van der Waals surface area contributed by atoms with E-state index in [1.165, 1.54) is 12.5 Å². The van der Waals surface area contributed by atoms with Crippen LogP contribution in [0.15, 0.2) is 42.9 Å². The van der Waals surface area contributed by atoms with Crippen LogP contribution < -0.4 is 21.3 Å². The highest BCUT2D eigenvalue weighted by molar-refractivity contribution is 5.94. The van der Waals surface area contributed by atoms with Crippen LogP contribution in [-0.2, 0) is 36.8 Å². The second-order valence-electron chi connectivity index (χ2n) is 9.07. The summed E-state index contributed by atoms with van der Waals surface area (Å²) in [6.07, 6.45) is 3.56. The van der Waals surface area contributed by atoms with Crippen LogP contribution >= 0.6 is 0 Å². The minimum atomic E-state index is -1.35. The van der Waals surface area contributed by atoms with Gasteiger partial charge in [-0.2, -0.15) is 0 Å². The van der Waals surface area contributed by atoms with Gasteiger partial charge in [0.1, 0.15) is 18.1 Å². The van der Waals surface area contributed by atoms with Gasteiger partial charge >= 0.3 is 11.9 Å². The third-order valence-electron chi connectivity index (χ3n) is 6.17. The van der Waals surface area contributed by atoms with Crippen LogP contribution in [0.5, 0.6) is 0 Å². The maximum atomic E-state index is 13.3. The molecule has 38 heavy (non-hydrogen) atoms. The molecular weight excluding hydrogens is 496 g/mol. The van der Waals surface area contributed by atoms with Crippen molar-refractivity contribution < 1.29 is 34.2 Å². The lowest BCUT2D eigenvalue weighted by atomic mass is 10.0. The average molecular weight is 529 g/mol. The number of aromatic amines is 1. The number of nitrogens with one attached hydrogen (secondary N) is 5. The molecule has 0 radical (unpaired) electrons. The van der Waals surface area contributed by atoms with Gasteiger partial charge in [-0.3, -0.25) is 19.2 Å². The zero-order valence-electron chi connectivity index (χ0n) is 20.7. The Labute approximate surface area is 218 Å².